The Kier molecular flexibility index (Phi) is 10.5. The number of aryl methyl sites for hydroxylation is 2. The third kappa shape index (κ3) is 7.78. The van der Waals surface area contributed by atoms with Gasteiger partial charge in [0.25, 0.3) is 0 Å². The van der Waals surface area contributed by atoms with Crippen LogP contribution in [0.1, 0.15) is 93.1 Å². The summed E-state index contributed by atoms with van der Waals surface area (Å²) in [5.74, 6) is -1.31. The first-order valence-corrected chi connectivity index (χ1v) is 13.3. The smallest absolute Gasteiger partial charge is 0.335 e. The molecule has 0 aliphatic carbocycles. The first-order chi connectivity index (χ1) is 17.0. The second-order valence-corrected chi connectivity index (χ2v) is 9.55. The molecule has 0 bridgehead atoms. The maximum atomic E-state index is 15.2. The molecule has 3 aromatic rings. The number of rotatable bonds is 14. The summed E-state index contributed by atoms with van der Waals surface area (Å²) in [7, 11) is 0. The summed E-state index contributed by atoms with van der Waals surface area (Å²) in [6.45, 7) is 4.39. The number of hydrogen-bond acceptors (Lipinski definition) is 1. The van der Waals surface area contributed by atoms with Gasteiger partial charge in [0, 0.05) is 5.56 Å². The fourth-order valence-electron chi connectivity index (χ4n) is 4.62. The zero-order chi connectivity index (χ0) is 25.0. The van der Waals surface area contributed by atoms with Crippen LogP contribution in [0.2, 0.25) is 0 Å². The van der Waals surface area contributed by atoms with Gasteiger partial charge in [0.05, 0.1) is 5.56 Å². The lowest BCUT2D eigenvalue weighted by Gasteiger charge is -2.14. The lowest BCUT2D eigenvalue weighted by atomic mass is 9.91. The molecule has 0 unspecified atom stereocenters. The van der Waals surface area contributed by atoms with E-state index in [1.165, 1.54) is 44.1 Å². The average molecular weight is 475 g/mol. The van der Waals surface area contributed by atoms with Gasteiger partial charge in [0.1, 0.15) is 5.82 Å². The molecule has 186 valence electrons. The standard InChI is InChI=1S/C32H39FO2/c1-3-5-7-8-9-11-12-24-14-17-26(18-15-24)28-21-19-27(32(34)35)23-30(28)29-20-16-25(22-31(29)33)13-10-6-4-2/h14-23H,3-13H2,1-2H3,(H,34,35). The Labute approximate surface area is 210 Å². The van der Waals surface area contributed by atoms with E-state index in [9.17, 15) is 9.90 Å². The average Bonchev–Trinajstić information content (AvgIpc) is 2.86. The number of aromatic carboxylic acids is 1. The molecule has 3 rings (SSSR count). The first kappa shape index (κ1) is 26.7. The summed E-state index contributed by atoms with van der Waals surface area (Å²) in [6.07, 6.45) is 12.9. The van der Waals surface area contributed by atoms with E-state index in [1.807, 2.05) is 6.07 Å². The second-order valence-electron chi connectivity index (χ2n) is 9.55. The fourth-order valence-corrected chi connectivity index (χ4v) is 4.62. The molecule has 0 aromatic heterocycles. The SMILES string of the molecule is CCCCCCCCc1ccc(-c2ccc(C(=O)O)cc2-c2ccc(CCCCC)cc2F)cc1. The summed E-state index contributed by atoms with van der Waals surface area (Å²) in [5, 5.41) is 9.54. The Morgan fingerprint density at radius 3 is 1.91 bits per heavy atom. The highest BCUT2D eigenvalue weighted by atomic mass is 19.1. The molecule has 0 saturated heterocycles. The van der Waals surface area contributed by atoms with Crippen molar-refractivity contribution in [3.63, 3.8) is 0 Å². The van der Waals surface area contributed by atoms with Gasteiger partial charge < -0.3 is 5.11 Å². The van der Waals surface area contributed by atoms with E-state index in [2.05, 4.69) is 38.1 Å². The highest BCUT2D eigenvalue weighted by Crippen LogP contribution is 2.35. The van der Waals surface area contributed by atoms with E-state index in [1.54, 1.807) is 30.3 Å². The Hall–Kier alpha value is -2.94. The maximum absolute atomic E-state index is 15.2. The van der Waals surface area contributed by atoms with Crippen molar-refractivity contribution in [2.75, 3.05) is 0 Å². The number of carboxylic acids is 1. The van der Waals surface area contributed by atoms with Gasteiger partial charge in [0.2, 0.25) is 0 Å². The Bertz CT molecular complexity index is 1090. The van der Waals surface area contributed by atoms with Gasteiger partial charge in [-0.3, -0.25) is 0 Å². The number of halogens is 1. The van der Waals surface area contributed by atoms with Gasteiger partial charge in [-0.1, -0.05) is 101 Å². The first-order valence-electron chi connectivity index (χ1n) is 13.3. The monoisotopic (exact) mass is 474 g/mol. The molecule has 0 spiro atoms. The lowest BCUT2D eigenvalue weighted by Crippen LogP contribution is -1.99. The van der Waals surface area contributed by atoms with Crippen LogP contribution in [0.4, 0.5) is 4.39 Å². The Morgan fingerprint density at radius 1 is 0.657 bits per heavy atom. The number of unbranched alkanes of at least 4 members (excludes halogenated alkanes) is 7. The van der Waals surface area contributed by atoms with E-state index in [0.717, 1.165) is 48.8 Å². The van der Waals surface area contributed by atoms with Gasteiger partial charge in [-0.2, -0.15) is 0 Å². The van der Waals surface area contributed by atoms with Crippen LogP contribution in [0, 0.1) is 5.82 Å². The van der Waals surface area contributed by atoms with Crippen molar-refractivity contribution in [3.8, 4) is 22.3 Å². The lowest BCUT2D eigenvalue weighted by molar-refractivity contribution is 0.0697. The minimum absolute atomic E-state index is 0.162. The van der Waals surface area contributed by atoms with Gasteiger partial charge in [0.15, 0.2) is 0 Å². The summed E-state index contributed by atoms with van der Waals surface area (Å²) in [4.78, 5) is 11.7. The van der Waals surface area contributed by atoms with Crippen molar-refractivity contribution in [1.29, 1.82) is 0 Å². The van der Waals surface area contributed by atoms with Crippen LogP contribution in [0.5, 0.6) is 0 Å². The van der Waals surface area contributed by atoms with E-state index in [0.29, 0.717) is 11.1 Å². The van der Waals surface area contributed by atoms with Crippen molar-refractivity contribution in [2.45, 2.75) is 84.5 Å². The largest absolute Gasteiger partial charge is 0.478 e. The third-order valence-electron chi connectivity index (χ3n) is 6.74. The highest BCUT2D eigenvalue weighted by molar-refractivity contribution is 5.93. The highest BCUT2D eigenvalue weighted by Gasteiger charge is 2.15. The van der Waals surface area contributed by atoms with E-state index < -0.39 is 5.97 Å². The molecule has 3 heteroatoms. The number of carbonyl (C=O) groups is 1. The van der Waals surface area contributed by atoms with Crippen molar-refractivity contribution >= 4 is 5.97 Å². The molecule has 0 radical (unpaired) electrons. The Balaban J connectivity index is 1.82. The van der Waals surface area contributed by atoms with Gasteiger partial charge >= 0.3 is 5.97 Å². The van der Waals surface area contributed by atoms with Crippen LogP contribution in [0.3, 0.4) is 0 Å². The minimum Gasteiger partial charge on any atom is -0.478 e. The third-order valence-corrected chi connectivity index (χ3v) is 6.74. The molecule has 0 atom stereocenters. The predicted octanol–water partition coefficient (Wildman–Crippen LogP) is 9.49. The van der Waals surface area contributed by atoms with Crippen LogP contribution in [-0.2, 0) is 12.8 Å². The van der Waals surface area contributed by atoms with Gasteiger partial charge in [-0.05, 0) is 71.7 Å². The zero-order valence-corrected chi connectivity index (χ0v) is 21.3. The summed E-state index contributed by atoms with van der Waals surface area (Å²) in [5.41, 5.74) is 5.32. The van der Waals surface area contributed by atoms with Crippen LogP contribution in [0.15, 0.2) is 60.7 Å². The molecule has 0 aliphatic heterocycles. The zero-order valence-electron chi connectivity index (χ0n) is 21.3. The van der Waals surface area contributed by atoms with Crippen molar-refractivity contribution in [1.82, 2.24) is 0 Å². The maximum Gasteiger partial charge on any atom is 0.335 e. The molecule has 3 aromatic carbocycles. The van der Waals surface area contributed by atoms with Gasteiger partial charge in [-0.15, -0.1) is 0 Å². The predicted molar refractivity (Wildman–Crippen MR) is 145 cm³/mol. The normalized spacial score (nSPS) is 11.1. The number of benzene rings is 3. The van der Waals surface area contributed by atoms with Gasteiger partial charge in [-0.25, -0.2) is 9.18 Å². The van der Waals surface area contributed by atoms with E-state index >= 15 is 4.39 Å². The van der Waals surface area contributed by atoms with Crippen LogP contribution in [0.25, 0.3) is 22.3 Å². The van der Waals surface area contributed by atoms with Crippen LogP contribution in [-0.4, -0.2) is 11.1 Å². The van der Waals surface area contributed by atoms with Crippen LogP contribution < -0.4 is 0 Å². The topological polar surface area (TPSA) is 37.3 Å². The molecule has 2 nitrogen and oxygen atoms in total. The molecule has 1 N–H and O–H groups in total. The quantitative estimate of drug-likeness (QED) is 0.236. The molecule has 0 amide bonds. The molecule has 35 heavy (non-hydrogen) atoms. The summed E-state index contributed by atoms with van der Waals surface area (Å²) < 4.78 is 15.2. The van der Waals surface area contributed by atoms with Crippen LogP contribution >= 0.6 is 0 Å². The Morgan fingerprint density at radius 2 is 1.23 bits per heavy atom. The number of hydrogen-bond donors (Lipinski definition) is 1. The summed E-state index contributed by atoms with van der Waals surface area (Å²) in [6, 6.07) is 18.8. The van der Waals surface area contributed by atoms with E-state index in [-0.39, 0.29) is 11.4 Å². The molecular weight excluding hydrogens is 435 g/mol. The van der Waals surface area contributed by atoms with E-state index in [4.69, 9.17) is 0 Å². The number of carboxylic acid groups (broad SMARTS) is 1. The fraction of sp³-hybridized carbons (Fsp3) is 0.406. The molecule has 0 fully saturated rings. The molecular formula is C32H39FO2. The second kappa shape index (κ2) is 13.8. The van der Waals surface area contributed by atoms with Crippen molar-refractivity contribution in [3.05, 3.63) is 83.2 Å². The minimum atomic E-state index is -1.01. The summed E-state index contributed by atoms with van der Waals surface area (Å²) >= 11 is 0. The molecule has 0 saturated carbocycles. The van der Waals surface area contributed by atoms with Crippen molar-refractivity contribution < 1.29 is 14.3 Å². The van der Waals surface area contributed by atoms with Crippen molar-refractivity contribution in [2.24, 2.45) is 0 Å². The molecule has 0 heterocycles. The molecule has 0 aliphatic rings.